The molecule has 0 atom stereocenters. The lowest BCUT2D eigenvalue weighted by Gasteiger charge is -2.24. The van der Waals surface area contributed by atoms with Crippen molar-refractivity contribution in [2.45, 2.75) is 72.1 Å². The van der Waals surface area contributed by atoms with E-state index >= 15 is 0 Å². The lowest BCUT2D eigenvalue weighted by Crippen LogP contribution is -2.11. The van der Waals surface area contributed by atoms with Gasteiger partial charge in [-0.15, -0.1) is 0 Å². The topological polar surface area (TPSA) is 0 Å². The summed E-state index contributed by atoms with van der Waals surface area (Å²) in [7, 11) is 0. The molecule has 0 spiro atoms. The highest BCUT2D eigenvalue weighted by Gasteiger charge is 2.22. The second-order valence-electron chi connectivity index (χ2n) is 16.4. The first-order chi connectivity index (χ1) is 23.4. The van der Waals surface area contributed by atoms with Crippen molar-refractivity contribution in [3.8, 4) is 22.3 Å². The third kappa shape index (κ3) is 5.30. The Balaban J connectivity index is 1.47. The molecule has 242 valence electrons. The van der Waals surface area contributed by atoms with E-state index in [1.165, 1.54) is 92.8 Å². The third-order valence-electron chi connectivity index (χ3n) is 10.7. The summed E-state index contributed by atoms with van der Waals surface area (Å²) >= 11 is 0. The number of hydrogen-bond donors (Lipinski definition) is 0. The summed E-state index contributed by atoms with van der Waals surface area (Å²) in [5, 5.41) is 13.0. The molecule has 0 amide bonds. The molecule has 0 nitrogen and oxygen atoms in total. The van der Waals surface area contributed by atoms with Gasteiger partial charge in [0.05, 0.1) is 0 Å². The molecule has 0 heteroatoms. The average molecular weight is 635 g/mol. The number of rotatable bonds is 3. The van der Waals surface area contributed by atoms with Crippen LogP contribution in [0.25, 0.3) is 76.1 Å². The number of hydrogen-bond acceptors (Lipinski definition) is 0. The molecule has 0 saturated carbocycles. The second-order valence-corrected chi connectivity index (χ2v) is 16.4. The maximum atomic E-state index is 2.46. The highest BCUT2D eigenvalue weighted by Crippen LogP contribution is 2.47. The van der Waals surface area contributed by atoms with E-state index in [1.807, 2.05) is 0 Å². The Kier molecular flexibility index (Phi) is 7.23. The van der Waals surface area contributed by atoms with Gasteiger partial charge >= 0.3 is 0 Å². The van der Waals surface area contributed by atoms with Gasteiger partial charge in [-0.25, -0.2) is 0 Å². The van der Waals surface area contributed by atoms with E-state index < -0.39 is 0 Å². The van der Waals surface area contributed by atoms with Gasteiger partial charge in [0.2, 0.25) is 0 Å². The van der Waals surface area contributed by atoms with Crippen molar-refractivity contribution in [2.24, 2.45) is 0 Å². The molecule has 0 fully saturated rings. The standard InChI is InChI=1S/C49H46/c1-30(2)31-17-18-33-26-35(20-19-32(33)25-31)46-39-13-9-11-15-41(39)47(42-16-12-10-14-40(42)46)45-27-34-21-22-36(48(3,4)5)28-43(34)44-29-37(49(6,7)8)23-24-38(44)45/h9-30H,1-8H3. The van der Waals surface area contributed by atoms with E-state index in [0.717, 1.165) is 0 Å². The van der Waals surface area contributed by atoms with Gasteiger partial charge in [0.25, 0.3) is 0 Å². The molecule has 0 aliphatic carbocycles. The summed E-state index contributed by atoms with van der Waals surface area (Å²) in [6, 6.07) is 48.8. The van der Waals surface area contributed by atoms with Crippen molar-refractivity contribution in [1.82, 2.24) is 0 Å². The largest absolute Gasteiger partial charge is 0.0616 e. The minimum absolute atomic E-state index is 0.0510. The summed E-state index contributed by atoms with van der Waals surface area (Å²) in [6.07, 6.45) is 0. The van der Waals surface area contributed by atoms with Gasteiger partial charge in [-0.2, -0.15) is 0 Å². The molecule has 8 aromatic rings. The van der Waals surface area contributed by atoms with E-state index in [0.29, 0.717) is 5.92 Å². The zero-order valence-corrected chi connectivity index (χ0v) is 30.2. The molecule has 0 aliphatic heterocycles. The van der Waals surface area contributed by atoms with Crippen LogP contribution in [-0.4, -0.2) is 0 Å². The van der Waals surface area contributed by atoms with Crippen molar-refractivity contribution < 1.29 is 0 Å². The predicted molar refractivity (Wildman–Crippen MR) is 216 cm³/mol. The first-order valence-corrected chi connectivity index (χ1v) is 17.9. The van der Waals surface area contributed by atoms with Gasteiger partial charge in [0.1, 0.15) is 0 Å². The molecule has 8 rings (SSSR count). The van der Waals surface area contributed by atoms with Gasteiger partial charge in [-0.05, 0) is 128 Å². The minimum atomic E-state index is 0.0510. The molecule has 0 unspecified atom stereocenters. The monoisotopic (exact) mass is 634 g/mol. The Morgan fingerprint density at radius 2 is 0.898 bits per heavy atom. The van der Waals surface area contributed by atoms with Crippen LogP contribution in [0.1, 0.15) is 78.0 Å². The number of benzene rings is 8. The summed E-state index contributed by atoms with van der Waals surface area (Å²) < 4.78 is 0. The Morgan fingerprint density at radius 3 is 1.49 bits per heavy atom. The molecule has 49 heavy (non-hydrogen) atoms. The molecular weight excluding hydrogens is 589 g/mol. The zero-order valence-electron chi connectivity index (χ0n) is 30.2. The molecular formula is C49H46. The summed E-state index contributed by atoms with van der Waals surface area (Å²) in [5.41, 5.74) is 9.41. The summed E-state index contributed by atoms with van der Waals surface area (Å²) in [5.74, 6) is 0.510. The first kappa shape index (κ1) is 31.3. The van der Waals surface area contributed by atoms with Crippen LogP contribution < -0.4 is 0 Å². The maximum Gasteiger partial charge on any atom is -0.00199 e. The normalized spacial score (nSPS) is 12.7. The van der Waals surface area contributed by atoms with Gasteiger partial charge in [0.15, 0.2) is 0 Å². The zero-order chi connectivity index (χ0) is 34.2. The van der Waals surface area contributed by atoms with Crippen LogP contribution in [0.15, 0.2) is 127 Å². The first-order valence-electron chi connectivity index (χ1n) is 17.9. The highest BCUT2D eigenvalue weighted by atomic mass is 14.3. The fourth-order valence-electron chi connectivity index (χ4n) is 7.80. The smallest absolute Gasteiger partial charge is 0.00199 e. The second kappa shape index (κ2) is 11.3. The third-order valence-corrected chi connectivity index (χ3v) is 10.7. The Morgan fingerprint density at radius 1 is 0.388 bits per heavy atom. The molecule has 0 aliphatic rings. The lowest BCUT2D eigenvalue weighted by atomic mass is 9.80. The van der Waals surface area contributed by atoms with Crippen LogP contribution in [0.4, 0.5) is 0 Å². The van der Waals surface area contributed by atoms with E-state index in [2.05, 4.69) is 183 Å². The van der Waals surface area contributed by atoms with E-state index in [1.54, 1.807) is 0 Å². The van der Waals surface area contributed by atoms with Crippen LogP contribution in [0, 0.1) is 0 Å². The van der Waals surface area contributed by atoms with Crippen LogP contribution in [0.2, 0.25) is 0 Å². The number of fused-ring (bicyclic) bond motifs is 6. The van der Waals surface area contributed by atoms with Crippen molar-refractivity contribution >= 4 is 53.9 Å². The van der Waals surface area contributed by atoms with Gasteiger partial charge in [0, 0.05) is 0 Å². The van der Waals surface area contributed by atoms with Gasteiger partial charge < -0.3 is 0 Å². The Hall–Kier alpha value is -4.94. The summed E-state index contributed by atoms with van der Waals surface area (Å²) in [6.45, 7) is 18.4. The Bertz CT molecular complexity index is 2520. The molecule has 0 bridgehead atoms. The fraction of sp³-hybridized carbons (Fsp3) is 0.224. The molecule has 0 N–H and O–H groups in total. The molecule has 0 heterocycles. The predicted octanol–water partition coefficient (Wildman–Crippen LogP) is 14.5. The molecule has 8 aromatic carbocycles. The fourth-order valence-corrected chi connectivity index (χ4v) is 7.80. The van der Waals surface area contributed by atoms with Crippen molar-refractivity contribution in [2.75, 3.05) is 0 Å². The quantitative estimate of drug-likeness (QED) is 0.134. The molecule has 0 aromatic heterocycles. The van der Waals surface area contributed by atoms with Gasteiger partial charge in [-0.1, -0.05) is 165 Å². The van der Waals surface area contributed by atoms with Crippen LogP contribution in [0.3, 0.4) is 0 Å². The highest BCUT2D eigenvalue weighted by molar-refractivity contribution is 6.26. The summed E-state index contributed by atoms with van der Waals surface area (Å²) in [4.78, 5) is 0. The average Bonchev–Trinajstić information content (AvgIpc) is 3.08. The molecule has 0 saturated heterocycles. The SMILES string of the molecule is CC(C)c1ccc2cc(-c3c4ccccc4c(-c4cc5ccc(C(C)(C)C)cc5c5cc(C(C)(C)C)ccc45)c4ccccc34)ccc2c1. The van der Waals surface area contributed by atoms with Crippen LogP contribution >= 0.6 is 0 Å². The van der Waals surface area contributed by atoms with E-state index in [4.69, 9.17) is 0 Å². The maximum absolute atomic E-state index is 2.46. The Labute approximate surface area is 291 Å². The van der Waals surface area contributed by atoms with Crippen molar-refractivity contribution in [3.63, 3.8) is 0 Å². The van der Waals surface area contributed by atoms with Gasteiger partial charge in [-0.3, -0.25) is 0 Å². The van der Waals surface area contributed by atoms with Crippen LogP contribution in [-0.2, 0) is 10.8 Å². The minimum Gasteiger partial charge on any atom is -0.0616 e. The van der Waals surface area contributed by atoms with Crippen molar-refractivity contribution in [3.05, 3.63) is 144 Å². The van der Waals surface area contributed by atoms with Crippen molar-refractivity contribution in [1.29, 1.82) is 0 Å². The van der Waals surface area contributed by atoms with E-state index in [-0.39, 0.29) is 10.8 Å². The van der Waals surface area contributed by atoms with Crippen LogP contribution in [0.5, 0.6) is 0 Å². The lowest BCUT2D eigenvalue weighted by molar-refractivity contribution is 0.590. The molecule has 0 radical (unpaired) electrons. The van der Waals surface area contributed by atoms with E-state index in [9.17, 15) is 0 Å².